The van der Waals surface area contributed by atoms with Crippen molar-refractivity contribution in [2.24, 2.45) is 5.73 Å². The summed E-state index contributed by atoms with van der Waals surface area (Å²) in [6.45, 7) is 0.157. The lowest BCUT2D eigenvalue weighted by atomic mass is 9.79. The summed E-state index contributed by atoms with van der Waals surface area (Å²) >= 11 is 5.59. The highest BCUT2D eigenvalue weighted by Crippen LogP contribution is 2.04. The molecular formula is C6H8BClN2O2. The normalized spacial score (nSPS) is 10.0. The van der Waals surface area contributed by atoms with Gasteiger partial charge in [-0.25, -0.2) is 0 Å². The minimum absolute atomic E-state index is 0.157. The van der Waals surface area contributed by atoms with Crippen LogP contribution in [-0.2, 0) is 6.54 Å². The quantitative estimate of drug-likeness (QED) is 0.511. The van der Waals surface area contributed by atoms with Crippen molar-refractivity contribution < 1.29 is 10.0 Å². The third-order valence-electron chi connectivity index (χ3n) is 1.44. The van der Waals surface area contributed by atoms with Gasteiger partial charge in [0.2, 0.25) is 0 Å². The van der Waals surface area contributed by atoms with Crippen LogP contribution in [0, 0.1) is 0 Å². The van der Waals surface area contributed by atoms with E-state index in [9.17, 15) is 0 Å². The molecule has 0 unspecified atom stereocenters. The van der Waals surface area contributed by atoms with Crippen LogP contribution in [-0.4, -0.2) is 22.2 Å². The van der Waals surface area contributed by atoms with Crippen molar-refractivity contribution in [3.8, 4) is 0 Å². The lowest BCUT2D eigenvalue weighted by Gasteiger charge is -2.05. The molecule has 1 aromatic heterocycles. The van der Waals surface area contributed by atoms with E-state index in [4.69, 9.17) is 27.4 Å². The van der Waals surface area contributed by atoms with Gasteiger partial charge in [-0.2, -0.15) is 0 Å². The number of aromatic nitrogens is 1. The largest absolute Gasteiger partial charge is 0.490 e. The first-order valence-electron chi connectivity index (χ1n) is 3.35. The Kier molecular flexibility index (Phi) is 3.05. The Hall–Kier alpha value is -0.615. The van der Waals surface area contributed by atoms with Gasteiger partial charge in [-0.1, -0.05) is 11.6 Å². The van der Waals surface area contributed by atoms with Gasteiger partial charge in [0.1, 0.15) is 0 Å². The second-order valence-electron chi connectivity index (χ2n) is 2.27. The molecule has 0 radical (unpaired) electrons. The molecule has 0 amide bonds. The zero-order chi connectivity index (χ0) is 9.14. The van der Waals surface area contributed by atoms with Crippen molar-refractivity contribution in [3.63, 3.8) is 0 Å². The van der Waals surface area contributed by atoms with Crippen LogP contribution in [0.4, 0.5) is 0 Å². The molecule has 6 heteroatoms. The van der Waals surface area contributed by atoms with E-state index < -0.39 is 7.12 Å². The Balaban J connectivity index is 3.12. The van der Waals surface area contributed by atoms with Crippen LogP contribution in [0.3, 0.4) is 0 Å². The molecule has 0 aliphatic heterocycles. The van der Waals surface area contributed by atoms with Gasteiger partial charge >= 0.3 is 7.12 Å². The molecule has 0 atom stereocenters. The fourth-order valence-corrected chi connectivity index (χ4v) is 1.04. The Morgan fingerprint density at radius 1 is 1.58 bits per heavy atom. The summed E-state index contributed by atoms with van der Waals surface area (Å²) in [5, 5.41) is 18.1. The molecule has 1 heterocycles. The summed E-state index contributed by atoms with van der Waals surface area (Å²) in [6.07, 6.45) is 1.41. The van der Waals surface area contributed by atoms with E-state index >= 15 is 0 Å². The summed E-state index contributed by atoms with van der Waals surface area (Å²) < 4.78 is 0. The molecule has 4 nitrogen and oxygen atoms in total. The van der Waals surface area contributed by atoms with Crippen LogP contribution in [0.1, 0.15) is 5.69 Å². The zero-order valence-electron chi connectivity index (χ0n) is 6.24. The monoisotopic (exact) mass is 186 g/mol. The molecule has 0 fully saturated rings. The highest BCUT2D eigenvalue weighted by atomic mass is 35.5. The minimum Gasteiger partial charge on any atom is -0.423 e. The van der Waals surface area contributed by atoms with Crippen LogP contribution in [0.5, 0.6) is 0 Å². The van der Waals surface area contributed by atoms with Crippen molar-refractivity contribution in [2.45, 2.75) is 6.54 Å². The van der Waals surface area contributed by atoms with Crippen LogP contribution >= 0.6 is 11.6 Å². The van der Waals surface area contributed by atoms with E-state index in [-0.39, 0.29) is 12.0 Å². The topological polar surface area (TPSA) is 79.4 Å². The van der Waals surface area contributed by atoms with Crippen LogP contribution in [0.2, 0.25) is 5.02 Å². The number of rotatable bonds is 2. The van der Waals surface area contributed by atoms with Gasteiger partial charge in [0.15, 0.2) is 0 Å². The van der Waals surface area contributed by atoms with Crippen molar-refractivity contribution >= 4 is 24.2 Å². The molecule has 1 aromatic rings. The Morgan fingerprint density at radius 3 is 2.75 bits per heavy atom. The number of nitrogens with zero attached hydrogens (tertiary/aromatic N) is 1. The predicted molar refractivity (Wildman–Crippen MR) is 47.0 cm³/mol. The number of halogens is 1. The van der Waals surface area contributed by atoms with Gasteiger partial charge in [-0.3, -0.25) is 4.98 Å². The second-order valence-corrected chi connectivity index (χ2v) is 2.70. The first kappa shape index (κ1) is 9.47. The fraction of sp³-hybridized carbons (Fsp3) is 0.167. The maximum atomic E-state index is 8.86. The van der Waals surface area contributed by atoms with Gasteiger partial charge in [0.25, 0.3) is 0 Å². The molecule has 4 N–H and O–H groups in total. The van der Waals surface area contributed by atoms with Crippen molar-refractivity contribution in [1.82, 2.24) is 4.98 Å². The van der Waals surface area contributed by atoms with Gasteiger partial charge in [0, 0.05) is 18.2 Å². The maximum Gasteiger partial charge on any atom is 0.490 e. The zero-order valence-corrected chi connectivity index (χ0v) is 6.99. The van der Waals surface area contributed by atoms with E-state index in [1.54, 1.807) is 0 Å². The standard InChI is InChI=1S/C6H8BClN2O2/c8-4-1-5(7(11)12)6(2-9)10-3-4/h1,3,11-12H,2,9H2. The molecule has 0 bridgehead atoms. The van der Waals surface area contributed by atoms with E-state index in [2.05, 4.69) is 4.98 Å². The second kappa shape index (κ2) is 3.86. The summed E-state index contributed by atoms with van der Waals surface area (Å²) in [5.41, 5.74) is 6.00. The molecule has 0 saturated carbocycles. The molecule has 64 valence electrons. The average Bonchev–Trinajstić information content (AvgIpc) is 2.04. The van der Waals surface area contributed by atoms with Gasteiger partial charge in [-0.15, -0.1) is 0 Å². The van der Waals surface area contributed by atoms with E-state index in [0.29, 0.717) is 10.7 Å². The van der Waals surface area contributed by atoms with Gasteiger partial charge in [-0.05, 0) is 6.07 Å². The first-order chi connectivity index (χ1) is 5.65. The number of nitrogens with two attached hydrogens (primary N) is 1. The molecule has 0 aliphatic carbocycles. The van der Waals surface area contributed by atoms with Crippen LogP contribution in [0.25, 0.3) is 0 Å². The smallest absolute Gasteiger partial charge is 0.423 e. The summed E-state index contributed by atoms with van der Waals surface area (Å²) in [5.74, 6) is 0. The third-order valence-corrected chi connectivity index (χ3v) is 1.65. The van der Waals surface area contributed by atoms with Crippen molar-refractivity contribution in [1.29, 1.82) is 0 Å². The number of pyridine rings is 1. The van der Waals surface area contributed by atoms with E-state index in [1.165, 1.54) is 12.3 Å². The van der Waals surface area contributed by atoms with Crippen molar-refractivity contribution in [3.05, 3.63) is 23.0 Å². The number of hydrogen-bond acceptors (Lipinski definition) is 4. The molecule has 12 heavy (non-hydrogen) atoms. The van der Waals surface area contributed by atoms with Crippen molar-refractivity contribution in [2.75, 3.05) is 0 Å². The lowest BCUT2D eigenvalue weighted by Crippen LogP contribution is -2.34. The highest BCUT2D eigenvalue weighted by molar-refractivity contribution is 6.59. The molecule has 0 aromatic carbocycles. The first-order valence-corrected chi connectivity index (χ1v) is 3.73. The summed E-state index contributed by atoms with van der Waals surface area (Å²) in [6, 6.07) is 1.43. The van der Waals surface area contributed by atoms with E-state index in [0.717, 1.165) is 0 Å². The molecule has 0 spiro atoms. The SMILES string of the molecule is NCc1ncc(Cl)cc1B(O)O. The minimum atomic E-state index is -1.57. The summed E-state index contributed by atoms with van der Waals surface area (Å²) in [7, 11) is -1.57. The Bertz CT molecular complexity index is 282. The molecule has 0 saturated heterocycles. The third kappa shape index (κ3) is 1.95. The predicted octanol–water partition coefficient (Wildman–Crippen LogP) is -1.13. The Morgan fingerprint density at radius 2 is 2.25 bits per heavy atom. The molecular weight excluding hydrogens is 178 g/mol. The molecule has 1 rings (SSSR count). The van der Waals surface area contributed by atoms with Crippen LogP contribution < -0.4 is 11.2 Å². The van der Waals surface area contributed by atoms with Gasteiger partial charge in [0.05, 0.1) is 10.7 Å². The lowest BCUT2D eigenvalue weighted by molar-refractivity contribution is 0.425. The average molecular weight is 186 g/mol. The van der Waals surface area contributed by atoms with Crippen LogP contribution in [0.15, 0.2) is 12.3 Å². The highest BCUT2D eigenvalue weighted by Gasteiger charge is 2.16. The number of hydrogen-bond donors (Lipinski definition) is 3. The summed E-state index contributed by atoms with van der Waals surface area (Å²) in [4.78, 5) is 3.84. The maximum absolute atomic E-state index is 8.86. The van der Waals surface area contributed by atoms with E-state index in [1.807, 2.05) is 0 Å². The molecule has 0 aliphatic rings. The fourth-order valence-electron chi connectivity index (χ4n) is 0.877. The Labute approximate surface area is 75.1 Å². The van der Waals surface area contributed by atoms with Gasteiger partial charge < -0.3 is 15.8 Å².